The summed E-state index contributed by atoms with van der Waals surface area (Å²) in [7, 11) is 0. The number of pyridine rings is 1. The van der Waals surface area contributed by atoms with Crippen LogP contribution in [0.3, 0.4) is 0 Å². The summed E-state index contributed by atoms with van der Waals surface area (Å²) in [5, 5.41) is 18.1. The molecule has 2 amide bonds. The monoisotopic (exact) mass is 525 g/mol. The number of aromatic nitrogens is 1. The van der Waals surface area contributed by atoms with E-state index in [4.69, 9.17) is 10.6 Å². The highest BCUT2D eigenvalue weighted by atomic mass is 16.3. The number of hydrogen-bond donors (Lipinski definition) is 4. The molecule has 10 heteroatoms. The molecular formula is C29H29N6O4+. The van der Waals surface area contributed by atoms with Gasteiger partial charge in [0.25, 0.3) is 5.91 Å². The maximum absolute atomic E-state index is 12.6. The Balaban J connectivity index is 1.53. The Labute approximate surface area is 226 Å². The van der Waals surface area contributed by atoms with Gasteiger partial charge < -0.3 is 15.7 Å². The number of amides is 2. The number of hydrogen-bond acceptors (Lipinski definition) is 7. The first kappa shape index (κ1) is 28.6. The number of Topliss-reactive ketones (excluding diaryl/α,β-unsaturated/α-hetero) is 1. The van der Waals surface area contributed by atoms with Gasteiger partial charge in [0.05, 0.1) is 0 Å². The Morgan fingerprint density at radius 2 is 1.62 bits per heavy atom. The molecule has 198 valence electrons. The molecule has 39 heavy (non-hydrogen) atoms. The Morgan fingerprint density at radius 1 is 1.00 bits per heavy atom. The minimum atomic E-state index is -1.10. The molecule has 0 bridgehead atoms. The number of nitrogens with zero attached hydrogens (tertiary/aromatic N) is 3. The van der Waals surface area contributed by atoms with Crippen LogP contribution < -0.4 is 15.5 Å². The summed E-state index contributed by atoms with van der Waals surface area (Å²) in [5.41, 5.74) is 10.4. The van der Waals surface area contributed by atoms with E-state index >= 15 is 0 Å². The van der Waals surface area contributed by atoms with Gasteiger partial charge >= 0.3 is 0 Å². The first-order valence-corrected chi connectivity index (χ1v) is 12.3. The summed E-state index contributed by atoms with van der Waals surface area (Å²) in [6, 6.07) is 15.7. The number of anilines is 1. The van der Waals surface area contributed by atoms with E-state index in [2.05, 4.69) is 37.5 Å². The van der Waals surface area contributed by atoms with Crippen LogP contribution in [0.1, 0.15) is 46.8 Å². The van der Waals surface area contributed by atoms with Crippen molar-refractivity contribution in [3.8, 4) is 11.8 Å². The molecule has 0 saturated carbocycles. The van der Waals surface area contributed by atoms with E-state index in [1.807, 2.05) is 24.3 Å². The molecule has 2 aromatic carbocycles. The third-order valence-electron chi connectivity index (χ3n) is 5.80. The van der Waals surface area contributed by atoms with Crippen molar-refractivity contribution in [2.45, 2.75) is 38.3 Å². The van der Waals surface area contributed by atoms with Crippen LogP contribution in [0, 0.1) is 17.4 Å². The highest BCUT2D eigenvalue weighted by Gasteiger charge is 2.29. The molecule has 0 aliphatic rings. The fraction of sp³-hybridized carbons (Fsp3) is 0.241. The summed E-state index contributed by atoms with van der Waals surface area (Å²) in [5.74, 6) is 4.87. The summed E-state index contributed by atoms with van der Waals surface area (Å²) in [6.07, 6.45) is 5.48. The summed E-state index contributed by atoms with van der Waals surface area (Å²) in [6.45, 7) is 0.749. The predicted molar refractivity (Wildman–Crippen MR) is 145 cm³/mol. The second-order valence-corrected chi connectivity index (χ2v) is 8.69. The van der Waals surface area contributed by atoms with Crippen molar-refractivity contribution in [2.75, 3.05) is 11.9 Å². The van der Waals surface area contributed by atoms with E-state index in [9.17, 15) is 14.4 Å². The molecule has 2 atom stereocenters. The molecule has 4 N–H and O–H groups in total. The van der Waals surface area contributed by atoms with Crippen LogP contribution in [0.25, 0.3) is 0 Å². The zero-order chi connectivity index (χ0) is 28.0. The Bertz CT molecular complexity index is 1390. The highest BCUT2D eigenvalue weighted by molar-refractivity contribution is 5.98. The number of carbonyl (C=O) groups is 3. The molecule has 0 radical (unpaired) electrons. The number of benzene rings is 2. The number of aliphatic hydroxyl groups is 1. The van der Waals surface area contributed by atoms with Gasteiger partial charge in [-0.2, -0.15) is 0 Å². The summed E-state index contributed by atoms with van der Waals surface area (Å²) >= 11 is 0. The van der Waals surface area contributed by atoms with Gasteiger partial charge in [-0.05, 0) is 86.0 Å². The first-order chi connectivity index (χ1) is 18.9. The SMILES string of the molecule is CC(N=[N+]=N)[C@H](NC(=O)c1ccc(C#Cc2ccc(NC(=O)CCCc3ccncc3)cc2)cc1)C(=O)CO. The number of nitrogens with one attached hydrogen (secondary N) is 3. The van der Waals surface area contributed by atoms with Gasteiger partial charge in [0.2, 0.25) is 10.8 Å². The third-order valence-corrected chi connectivity index (χ3v) is 5.80. The largest absolute Gasteiger partial charge is 0.388 e. The first-order valence-electron chi connectivity index (χ1n) is 12.3. The smallest absolute Gasteiger partial charge is 0.251 e. The number of aliphatic hydroxyl groups excluding tert-OH is 1. The van der Waals surface area contributed by atoms with E-state index in [0.717, 1.165) is 24.0 Å². The van der Waals surface area contributed by atoms with Crippen molar-refractivity contribution in [2.24, 2.45) is 5.11 Å². The lowest BCUT2D eigenvalue weighted by Gasteiger charge is -2.17. The van der Waals surface area contributed by atoms with Gasteiger partial charge in [-0.25, -0.2) is 0 Å². The average Bonchev–Trinajstić information content (AvgIpc) is 2.96. The zero-order valence-electron chi connectivity index (χ0n) is 21.4. The Hall–Kier alpha value is -4.97. The molecule has 10 nitrogen and oxygen atoms in total. The van der Waals surface area contributed by atoms with Crippen molar-refractivity contribution in [3.05, 3.63) is 95.3 Å². The van der Waals surface area contributed by atoms with Crippen molar-refractivity contribution < 1.29 is 19.5 Å². The van der Waals surface area contributed by atoms with E-state index < -0.39 is 30.4 Å². The number of aryl methyl sites for hydroxylation is 1. The molecule has 0 fully saturated rings. The van der Waals surface area contributed by atoms with Crippen molar-refractivity contribution >= 4 is 23.3 Å². The van der Waals surface area contributed by atoms with Crippen LogP contribution in [0.4, 0.5) is 5.69 Å². The molecular weight excluding hydrogens is 496 g/mol. The number of carbonyl (C=O) groups excluding carboxylic acids is 3. The third kappa shape index (κ3) is 9.13. The van der Waals surface area contributed by atoms with Gasteiger partial charge in [0, 0.05) is 41.2 Å². The van der Waals surface area contributed by atoms with Gasteiger partial charge in [-0.1, -0.05) is 11.8 Å². The summed E-state index contributed by atoms with van der Waals surface area (Å²) < 4.78 is 0. The molecule has 3 aromatic rings. The molecule has 1 unspecified atom stereocenters. The van der Waals surface area contributed by atoms with Crippen LogP contribution in [0.5, 0.6) is 0 Å². The number of rotatable bonds is 11. The molecule has 0 aliphatic carbocycles. The number of ketones is 1. The fourth-order valence-electron chi connectivity index (χ4n) is 3.66. The molecule has 0 spiro atoms. The minimum Gasteiger partial charge on any atom is -0.388 e. The van der Waals surface area contributed by atoms with Crippen LogP contribution in [0.2, 0.25) is 0 Å². The van der Waals surface area contributed by atoms with Gasteiger partial charge in [0.15, 0.2) is 11.8 Å². The second kappa shape index (κ2) is 14.7. The van der Waals surface area contributed by atoms with E-state index in [1.54, 1.807) is 48.8 Å². The molecule has 1 heterocycles. The highest BCUT2D eigenvalue weighted by Crippen LogP contribution is 2.12. The van der Waals surface area contributed by atoms with Crippen molar-refractivity contribution in [1.29, 1.82) is 5.53 Å². The molecule has 3 rings (SSSR count). The predicted octanol–water partition coefficient (Wildman–Crippen LogP) is 3.04. The van der Waals surface area contributed by atoms with Gasteiger partial charge in [-0.3, -0.25) is 19.4 Å². The van der Waals surface area contributed by atoms with Crippen LogP contribution in [0.15, 0.2) is 78.2 Å². The average molecular weight is 526 g/mol. The van der Waals surface area contributed by atoms with Crippen LogP contribution in [-0.4, -0.2) is 46.4 Å². The normalized spacial score (nSPS) is 11.6. The van der Waals surface area contributed by atoms with Crippen LogP contribution in [-0.2, 0) is 16.0 Å². The van der Waals surface area contributed by atoms with Gasteiger partial charge in [-0.15, -0.1) is 0 Å². The lowest BCUT2D eigenvalue weighted by Crippen LogP contribution is -2.48. The minimum absolute atomic E-state index is 0.0469. The maximum atomic E-state index is 12.6. The zero-order valence-corrected chi connectivity index (χ0v) is 21.4. The molecule has 1 aromatic heterocycles. The van der Waals surface area contributed by atoms with Gasteiger partial charge in [0.1, 0.15) is 23.3 Å². The lowest BCUT2D eigenvalue weighted by molar-refractivity contribution is -0.124. The Kier molecular flexibility index (Phi) is 10.8. The quantitative estimate of drug-likeness (QED) is 0.172. The van der Waals surface area contributed by atoms with E-state index in [0.29, 0.717) is 23.2 Å². The topological polar surface area (TPSA) is 159 Å². The van der Waals surface area contributed by atoms with E-state index in [1.165, 1.54) is 6.92 Å². The summed E-state index contributed by atoms with van der Waals surface area (Å²) in [4.78, 5) is 43.6. The Morgan fingerprint density at radius 3 is 2.21 bits per heavy atom. The van der Waals surface area contributed by atoms with E-state index in [-0.39, 0.29) is 5.91 Å². The van der Waals surface area contributed by atoms with Crippen LogP contribution >= 0.6 is 0 Å². The van der Waals surface area contributed by atoms with Crippen molar-refractivity contribution in [3.63, 3.8) is 0 Å². The second-order valence-electron chi connectivity index (χ2n) is 8.69. The fourth-order valence-corrected chi connectivity index (χ4v) is 3.66. The van der Waals surface area contributed by atoms with Crippen molar-refractivity contribution in [1.82, 2.24) is 15.2 Å². The lowest BCUT2D eigenvalue weighted by atomic mass is 10.0. The maximum Gasteiger partial charge on any atom is 0.251 e. The molecule has 0 aliphatic heterocycles. The standard InChI is InChI=1S/C29H28N6O4/c1-20(34-35-30)28(26(37)19-36)33-29(39)24-11-7-22(8-12-24)5-6-23-9-13-25(14-10-23)32-27(38)4-2-3-21-15-17-31-18-16-21/h7-18,20,28,30,36H,2-4,19H2,1H3,(H-,32,33,38,39)/p+1/t20?,28-/m0/s1. The molecule has 0 saturated heterocycles.